The van der Waals surface area contributed by atoms with Gasteiger partial charge in [0.25, 0.3) is 0 Å². The summed E-state index contributed by atoms with van der Waals surface area (Å²) in [5.41, 5.74) is 0.543. The van der Waals surface area contributed by atoms with Gasteiger partial charge in [0.15, 0.2) is 0 Å². The Morgan fingerprint density at radius 1 is 0.625 bits per heavy atom. The Labute approximate surface area is 104 Å². The van der Waals surface area contributed by atoms with Gasteiger partial charge in [0.1, 0.15) is 0 Å². The zero-order valence-corrected chi connectivity index (χ0v) is 12.3. The summed E-state index contributed by atoms with van der Waals surface area (Å²) >= 11 is 0. The molecule has 3 N–H and O–H groups in total. The van der Waals surface area contributed by atoms with Crippen molar-refractivity contribution in [3.05, 3.63) is 0 Å². The minimum absolute atomic E-state index is 0. The van der Waals surface area contributed by atoms with Crippen molar-refractivity contribution in [2.45, 2.75) is 91.9 Å². The fourth-order valence-electron chi connectivity index (χ4n) is 1.97. The normalized spacial score (nSPS) is 11.2. The van der Waals surface area contributed by atoms with Crippen molar-refractivity contribution >= 4 is 0 Å². The van der Waals surface area contributed by atoms with Gasteiger partial charge in [-0.15, -0.1) is 0 Å². The third kappa shape index (κ3) is 16.4. The number of rotatable bonds is 9. The van der Waals surface area contributed by atoms with Gasteiger partial charge in [0, 0.05) is 0 Å². The average Bonchev–Trinajstić information content (AvgIpc) is 2.14. The number of unbranched alkanes of at least 4 members (excludes halogenated alkanes) is 8. The lowest BCUT2D eigenvalue weighted by molar-refractivity contribution is 0.356. The van der Waals surface area contributed by atoms with Gasteiger partial charge >= 0.3 is 0 Å². The summed E-state index contributed by atoms with van der Waals surface area (Å²) in [6.45, 7) is 9.32. The molecule has 0 radical (unpaired) electrons. The van der Waals surface area contributed by atoms with E-state index < -0.39 is 0 Å². The van der Waals surface area contributed by atoms with Gasteiger partial charge < -0.3 is 6.15 Å². The van der Waals surface area contributed by atoms with E-state index in [0.717, 1.165) is 0 Å². The highest BCUT2D eigenvalue weighted by atomic mass is 14.1. The van der Waals surface area contributed by atoms with Crippen LogP contribution in [0.4, 0.5) is 0 Å². The van der Waals surface area contributed by atoms with Gasteiger partial charge in [-0.05, 0) is 11.8 Å². The Balaban J connectivity index is 0. The molecule has 0 unspecified atom stereocenters. The summed E-state index contributed by atoms with van der Waals surface area (Å²) in [7, 11) is 0. The molecule has 1 nitrogen and oxygen atoms in total. The largest absolute Gasteiger partial charge is 0.344 e. The van der Waals surface area contributed by atoms with Crippen LogP contribution in [0.5, 0.6) is 0 Å². The van der Waals surface area contributed by atoms with Crippen LogP contribution in [0.1, 0.15) is 91.9 Å². The Bertz CT molecular complexity index is 124. The second-order valence-electron chi connectivity index (χ2n) is 6.14. The van der Waals surface area contributed by atoms with Crippen molar-refractivity contribution in [1.29, 1.82) is 0 Å². The van der Waals surface area contributed by atoms with Crippen LogP contribution < -0.4 is 6.15 Å². The summed E-state index contributed by atoms with van der Waals surface area (Å²) < 4.78 is 0. The van der Waals surface area contributed by atoms with Gasteiger partial charge in [-0.25, -0.2) is 0 Å². The SMILES string of the molecule is CCCCCCCCCCCC(C)(C)C.N. The Morgan fingerprint density at radius 2 is 1.00 bits per heavy atom. The molecule has 0 bridgehead atoms. The smallest absolute Gasteiger partial charge is 0.0383 e. The summed E-state index contributed by atoms with van der Waals surface area (Å²) in [5, 5.41) is 0. The van der Waals surface area contributed by atoms with E-state index in [4.69, 9.17) is 0 Å². The van der Waals surface area contributed by atoms with Gasteiger partial charge in [0.2, 0.25) is 0 Å². The molecule has 0 fully saturated rings. The molecular weight excluding hydrogens is 194 g/mol. The van der Waals surface area contributed by atoms with Gasteiger partial charge in [-0.1, -0.05) is 85.5 Å². The second kappa shape index (κ2) is 11.4. The lowest BCUT2D eigenvalue weighted by Gasteiger charge is -2.17. The summed E-state index contributed by atoms with van der Waals surface area (Å²) in [5.74, 6) is 0. The summed E-state index contributed by atoms with van der Waals surface area (Å²) in [6.07, 6.45) is 14.4. The first-order valence-electron chi connectivity index (χ1n) is 7.06. The zero-order valence-electron chi connectivity index (χ0n) is 12.3. The summed E-state index contributed by atoms with van der Waals surface area (Å²) in [6, 6.07) is 0. The van der Waals surface area contributed by atoms with Crippen molar-refractivity contribution in [3.63, 3.8) is 0 Å². The average molecular weight is 229 g/mol. The molecule has 0 aliphatic heterocycles. The zero-order chi connectivity index (χ0) is 11.6. The van der Waals surface area contributed by atoms with E-state index in [1.807, 2.05) is 0 Å². The van der Waals surface area contributed by atoms with E-state index in [1.54, 1.807) is 0 Å². The van der Waals surface area contributed by atoms with Gasteiger partial charge in [-0.2, -0.15) is 0 Å². The second-order valence-corrected chi connectivity index (χ2v) is 6.14. The van der Waals surface area contributed by atoms with Crippen LogP contribution in [-0.4, -0.2) is 0 Å². The van der Waals surface area contributed by atoms with E-state index in [-0.39, 0.29) is 6.15 Å². The third-order valence-corrected chi connectivity index (χ3v) is 3.03. The van der Waals surface area contributed by atoms with E-state index in [1.165, 1.54) is 64.2 Å². The molecule has 0 heterocycles. The van der Waals surface area contributed by atoms with Crippen LogP contribution in [-0.2, 0) is 0 Å². The highest BCUT2D eigenvalue weighted by Gasteiger charge is 2.08. The molecule has 0 spiro atoms. The van der Waals surface area contributed by atoms with Crippen LogP contribution in [0.3, 0.4) is 0 Å². The lowest BCUT2D eigenvalue weighted by atomic mass is 9.89. The maximum atomic E-state index is 2.34. The fourth-order valence-corrected chi connectivity index (χ4v) is 1.97. The first-order chi connectivity index (χ1) is 7.06. The molecule has 0 aliphatic carbocycles. The minimum Gasteiger partial charge on any atom is -0.344 e. The van der Waals surface area contributed by atoms with Crippen molar-refractivity contribution in [3.8, 4) is 0 Å². The van der Waals surface area contributed by atoms with Gasteiger partial charge in [0.05, 0.1) is 0 Å². The maximum Gasteiger partial charge on any atom is -0.0383 e. The third-order valence-electron chi connectivity index (χ3n) is 3.03. The molecule has 0 atom stereocenters. The highest BCUT2D eigenvalue weighted by Crippen LogP contribution is 2.22. The number of hydrogen-bond donors (Lipinski definition) is 1. The van der Waals surface area contributed by atoms with Crippen LogP contribution in [0.15, 0.2) is 0 Å². The minimum atomic E-state index is 0. The van der Waals surface area contributed by atoms with Crippen LogP contribution in [0, 0.1) is 5.41 Å². The van der Waals surface area contributed by atoms with E-state index >= 15 is 0 Å². The summed E-state index contributed by atoms with van der Waals surface area (Å²) in [4.78, 5) is 0. The van der Waals surface area contributed by atoms with E-state index in [0.29, 0.717) is 5.41 Å². The molecule has 16 heavy (non-hydrogen) atoms. The first kappa shape index (κ1) is 18.3. The molecular formula is C15H35N. The van der Waals surface area contributed by atoms with Crippen LogP contribution >= 0.6 is 0 Å². The molecule has 0 aromatic carbocycles. The monoisotopic (exact) mass is 229 g/mol. The lowest BCUT2D eigenvalue weighted by Crippen LogP contribution is -2.03. The Morgan fingerprint density at radius 3 is 1.38 bits per heavy atom. The standard InChI is InChI=1S/C15H32.H3N/c1-5-6-7-8-9-10-11-12-13-14-15(2,3)4;/h5-14H2,1-4H3;1H3. The predicted octanol–water partition coefficient (Wildman–Crippen LogP) is 6.12. The fraction of sp³-hybridized carbons (Fsp3) is 1.00. The van der Waals surface area contributed by atoms with Crippen molar-refractivity contribution in [2.75, 3.05) is 0 Å². The highest BCUT2D eigenvalue weighted by molar-refractivity contribution is 4.60. The Hall–Kier alpha value is -0.0400. The topological polar surface area (TPSA) is 35.0 Å². The Kier molecular flexibility index (Phi) is 13.1. The van der Waals surface area contributed by atoms with Crippen molar-refractivity contribution in [1.82, 2.24) is 6.15 Å². The molecule has 0 aliphatic rings. The van der Waals surface area contributed by atoms with Gasteiger partial charge in [-0.3, -0.25) is 0 Å². The van der Waals surface area contributed by atoms with E-state index in [9.17, 15) is 0 Å². The van der Waals surface area contributed by atoms with Crippen LogP contribution in [0.25, 0.3) is 0 Å². The van der Waals surface area contributed by atoms with Crippen molar-refractivity contribution in [2.24, 2.45) is 5.41 Å². The molecule has 1 heteroatoms. The molecule has 0 aromatic rings. The first-order valence-corrected chi connectivity index (χ1v) is 7.06. The molecule has 100 valence electrons. The predicted molar refractivity (Wildman–Crippen MR) is 76.3 cm³/mol. The maximum absolute atomic E-state index is 2.34. The quantitative estimate of drug-likeness (QED) is 0.475. The molecule has 0 saturated heterocycles. The molecule has 0 rings (SSSR count). The molecule has 0 amide bonds. The van der Waals surface area contributed by atoms with Crippen LogP contribution in [0.2, 0.25) is 0 Å². The van der Waals surface area contributed by atoms with E-state index in [2.05, 4.69) is 27.7 Å². The molecule has 0 saturated carbocycles. The molecule has 0 aromatic heterocycles. The number of hydrogen-bond acceptors (Lipinski definition) is 1. The van der Waals surface area contributed by atoms with Crippen molar-refractivity contribution < 1.29 is 0 Å².